The van der Waals surface area contributed by atoms with E-state index in [4.69, 9.17) is 5.73 Å². The highest BCUT2D eigenvalue weighted by molar-refractivity contribution is 14.1. The summed E-state index contributed by atoms with van der Waals surface area (Å²) in [6.07, 6.45) is 1.79. The summed E-state index contributed by atoms with van der Waals surface area (Å²) in [5, 5.41) is 8.76. The van der Waals surface area contributed by atoms with E-state index in [1.807, 2.05) is 23.3 Å². The summed E-state index contributed by atoms with van der Waals surface area (Å²) in [5.74, 6) is 0.709. The van der Waals surface area contributed by atoms with Crippen LogP contribution in [0.2, 0.25) is 0 Å². The van der Waals surface area contributed by atoms with E-state index >= 15 is 0 Å². The van der Waals surface area contributed by atoms with Gasteiger partial charge < -0.3 is 5.73 Å². The molecule has 0 fully saturated rings. The van der Waals surface area contributed by atoms with Gasteiger partial charge in [0.1, 0.15) is 5.82 Å². The number of nitrogens with zero attached hydrogens (tertiary/aromatic N) is 4. The van der Waals surface area contributed by atoms with Gasteiger partial charge in [0.2, 0.25) is 0 Å². The Morgan fingerprint density at radius 3 is 2.47 bits per heavy atom. The SMILES string of the molecule is Cc1nn(C)c(C)c1C(C)n1ncc(I)c1N. The molecule has 1 unspecified atom stereocenters. The Hall–Kier alpha value is -1.05. The van der Waals surface area contributed by atoms with Crippen molar-refractivity contribution in [2.75, 3.05) is 5.73 Å². The molecule has 2 aromatic rings. The molecule has 0 amide bonds. The van der Waals surface area contributed by atoms with Gasteiger partial charge in [-0.1, -0.05) is 0 Å². The van der Waals surface area contributed by atoms with Gasteiger partial charge in [0.25, 0.3) is 0 Å². The van der Waals surface area contributed by atoms with Gasteiger partial charge in [0.05, 0.1) is 21.5 Å². The van der Waals surface area contributed by atoms with Crippen LogP contribution in [0, 0.1) is 17.4 Å². The molecule has 0 bridgehead atoms. The number of anilines is 1. The second-order valence-electron chi connectivity index (χ2n) is 4.21. The largest absolute Gasteiger partial charge is 0.383 e. The molecule has 6 heteroatoms. The van der Waals surface area contributed by atoms with Gasteiger partial charge in [-0.15, -0.1) is 0 Å². The van der Waals surface area contributed by atoms with Crippen LogP contribution in [-0.4, -0.2) is 19.6 Å². The smallest absolute Gasteiger partial charge is 0.135 e. The minimum Gasteiger partial charge on any atom is -0.383 e. The zero-order valence-corrected chi connectivity index (χ0v) is 12.6. The molecule has 5 nitrogen and oxygen atoms in total. The third-order valence-electron chi connectivity index (χ3n) is 3.14. The van der Waals surface area contributed by atoms with Crippen LogP contribution in [0.1, 0.15) is 29.9 Å². The summed E-state index contributed by atoms with van der Waals surface area (Å²) in [4.78, 5) is 0. The van der Waals surface area contributed by atoms with Crippen molar-refractivity contribution >= 4 is 28.4 Å². The quantitative estimate of drug-likeness (QED) is 0.848. The summed E-state index contributed by atoms with van der Waals surface area (Å²) >= 11 is 2.19. The van der Waals surface area contributed by atoms with Crippen LogP contribution in [0.4, 0.5) is 5.82 Å². The lowest BCUT2D eigenvalue weighted by Crippen LogP contribution is -2.13. The third kappa shape index (κ3) is 1.94. The molecule has 1 atom stereocenters. The minimum absolute atomic E-state index is 0.104. The van der Waals surface area contributed by atoms with Crippen LogP contribution >= 0.6 is 22.6 Å². The van der Waals surface area contributed by atoms with Gasteiger partial charge in [0.15, 0.2) is 0 Å². The highest BCUT2D eigenvalue weighted by Crippen LogP contribution is 2.27. The second kappa shape index (κ2) is 4.32. The van der Waals surface area contributed by atoms with Crippen molar-refractivity contribution in [1.82, 2.24) is 19.6 Å². The monoisotopic (exact) mass is 345 g/mol. The molecule has 0 saturated carbocycles. The van der Waals surface area contributed by atoms with Crippen LogP contribution in [0.5, 0.6) is 0 Å². The van der Waals surface area contributed by atoms with Crippen molar-refractivity contribution in [3.05, 3.63) is 26.7 Å². The maximum Gasteiger partial charge on any atom is 0.135 e. The number of hydrogen-bond donors (Lipinski definition) is 1. The van der Waals surface area contributed by atoms with Crippen LogP contribution in [0.3, 0.4) is 0 Å². The Kier molecular flexibility index (Phi) is 3.15. The molecule has 2 N–H and O–H groups in total. The van der Waals surface area contributed by atoms with Gasteiger partial charge >= 0.3 is 0 Å². The van der Waals surface area contributed by atoms with Crippen molar-refractivity contribution in [1.29, 1.82) is 0 Å². The fraction of sp³-hybridized carbons (Fsp3) is 0.455. The predicted molar refractivity (Wildman–Crippen MR) is 75.9 cm³/mol. The number of rotatable bonds is 2. The molecule has 92 valence electrons. The zero-order valence-electron chi connectivity index (χ0n) is 10.4. The average molecular weight is 345 g/mol. The first-order valence-electron chi connectivity index (χ1n) is 5.42. The van der Waals surface area contributed by atoms with Gasteiger partial charge in [-0.05, 0) is 43.4 Å². The van der Waals surface area contributed by atoms with E-state index in [1.165, 1.54) is 5.56 Å². The first-order chi connectivity index (χ1) is 7.93. The molecule has 0 aliphatic carbocycles. The lowest BCUT2D eigenvalue weighted by atomic mass is 10.1. The molecule has 2 rings (SSSR count). The first kappa shape index (κ1) is 12.4. The third-order valence-corrected chi connectivity index (χ3v) is 3.97. The van der Waals surface area contributed by atoms with E-state index in [0.717, 1.165) is 15.0 Å². The van der Waals surface area contributed by atoms with Crippen LogP contribution < -0.4 is 5.73 Å². The molecule has 2 heterocycles. The molecule has 0 spiro atoms. The Balaban J connectivity index is 2.50. The lowest BCUT2D eigenvalue weighted by Gasteiger charge is -2.14. The molecule has 0 radical (unpaired) electrons. The number of hydrogen-bond acceptors (Lipinski definition) is 3. The van der Waals surface area contributed by atoms with Crippen molar-refractivity contribution in [2.24, 2.45) is 7.05 Å². The lowest BCUT2D eigenvalue weighted by molar-refractivity contribution is 0.567. The number of aryl methyl sites for hydroxylation is 2. The summed E-state index contributed by atoms with van der Waals surface area (Å²) in [7, 11) is 1.95. The van der Waals surface area contributed by atoms with E-state index in [0.29, 0.717) is 5.82 Å². The van der Waals surface area contributed by atoms with E-state index in [1.54, 1.807) is 6.20 Å². The maximum absolute atomic E-state index is 6.01. The predicted octanol–water partition coefficient (Wildman–Crippen LogP) is 2.03. The molecule has 0 aliphatic rings. The Morgan fingerprint density at radius 1 is 1.41 bits per heavy atom. The summed E-state index contributed by atoms with van der Waals surface area (Å²) in [5.41, 5.74) is 9.39. The molecule has 0 aromatic carbocycles. The number of nitrogens with two attached hydrogens (primary N) is 1. The normalized spacial score (nSPS) is 13.0. The fourth-order valence-corrected chi connectivity index (χ4v) is 2.55. The summed E-state index contributed by atoms with van der Waals surface area (Å²) in [6, 6.07) is 0.104. The van der Waals surface area contributed by atoms with Crippen molar-refractivity contribution in [3.8, 4) is 0 Å². The summed E-state index contributed by atoms with van der Waals surface area (Å²) < 4.78 is 4.72. The Bertz CT molecular complexity index is 554. The van der Waals surface area contributed by atoms with E-state index in [9.17, 15) is 0 Å². The van der Waals surface area contributed by atoms with Crippen molar-refractivity contribution < 1.29 is 0 Å². The van der Waals surface area contributed by atoms with Crippen molar-refractivity contribution in [2.45, 2.75) is 26.8 Å². The van der Waals surface area contributed by atoms with Gasteiger partial charge in [-0.2, -0.15) is 10.2 Å². The van der Waals surface area contributed by atoms with Gasteiger partial charge in [-0.3, -0.25) is 4.68 Å². The molecular formula is C11H16IN5. The average Bonchev–Trinajstić information content (AvgIpc) is 2.70. The fourth-order valence-electron chi connectivity index (χ4n) is 2.18. The number of halogens is 1. The van der Waals surface area contributed by atoms with Gasteiger partial charge in [0, 0.05) is 18.3 Å². The Morgan fingerprint density at radius 2 is 2.06 bits per heavy atom. The van der Waals surface area contributed by atoms with Gasteiger partial charge in [-0.25, -0.2) is 4.68 Å². The Labute approximate surface area is 114 Å². The van der Waals surface area contributed by atoms with E-state index in [2.05, 4.69) is 46.6 Å². The van der Waals surface area contributed by atoms with E-state index < -0.39 is 0 Å². The highest BCUT2D eigenvalue weighted by Gasteiger charge is 2.20. The first-order valence-corrected chi connectivity index (χ1v) is 6.50. The van der Waals surface area contributed by atoms with Crippen LogP contribution in [0.25, 0.3) is 0 Å². The topological polar surface area (TPSA) is 61.7 Å². The second-order valence-corrected chi connectivity index (χ2v) is 5.37. The molecule has 2 aromatic heterocycles. The van der Waals surface area contributed by atoms with Crippen LogP contribution in [0.15, 0.2) is 6.20 Å². The molecule has 0 saturated heterocycles. The highest BCUT2D eigenvalue weighted by atomic mass is 127. The minimum atomic E-state index is 0.104. The molecule has 0 aliphatic heterocycles. The standard InChI is InChI=1S/C11H16IN5/c1-6-10(7(2)16(4)15-6)8(3)17-11(13)9(12)5-14-17/h5,8H,13H2,1-4H3. The molecular weight excluding hydrogens is 329 g/mol. The maximum atomic E-state index is 6.01. The molecule has 17 heavy (non-hydrogen) atoms. The summed E-state index contributed by atoms with van der Waals surface area (Å²) in [6.45, 7) is 6.18. The number of nitrogen functional groups attached to an aromatic ring is 1. The van der Waals surface area contributed by atoms with Crippen molar-refractivity contribution in [3.63, 3.8) is 0 Å². The zero-order chi connectivity index (χ0) is 12.7. The van der Waals surface area contributed by atoms with Crippen LogP contribution in [-0.2, 0) is 7.05 Å². The van der Waals surface area contributed by atoms with E-state index in [-0.39, 0.29) is 6.04 Å². The number of aromatic nitrogens is 4.